The topological polar surface area (TPSA) is 33.7 Å². The number of hydrogen-bond donors (Lipinski definition) is 1. The van der Waals surface area contributed by atoms with Gasteiger partial charge in [0, 0.05) is 42.3 Å². The number of hydrogen-bond acceptors (Lipinski definition) is 4. The predicted octanol–water partition coefficient (Wildman–Crippen LogP) is 2.41. The molecule has 3 rings (SSSR count). The number of morpholine rings is 1. The van der Waals surface area contributed by atoms with Crippen LogP contribution >= 0.6 is 15.9 Å². The summed E-state index contributed by atoms with van der Waals surface area (Å²) in [7, 11) is 0. The Hall–Kier alpha value is -0.620. The summed E-state index contributed by atoms with van der Waals surface area (Å²) < 4.78 is 12.5. The van der Waals surface area contributed by atoms with Crippen molar-refractivity contribution >= 4 is 15.9 Å². The smallest absolute Gasteiger partial charge is 0.123 e. The Morgan fingerprint density at radius 3 is 2.86 bits per heavy atom. The van der Waals surface area contributed by atoms with Gasteiger partial charge in [-0.3, -0.25) is 4.90 Å². The summed E-state index contributed by atoms with van der Waals surface area (Å²) in [6.07, 6.45) is 2.61. The summed E-state index contributed by atoms with van der Waals surface area (Å²) in [5, 5.41) is 3.55. The number of nitrogens with zero attached hydrogens (tertiary/aromatic N) is 1. The first-order valence-corrected chi connectivity index (χ1v) is 8.55. The molecule has 0 unspecified atom stereocenters. The normalized spacial score (nSPS) is 19.7. The average Bonchev–Trinajstić information content (AvgIpc) is 3.32. The van der Waals surface area contributed by atoms with Crippen molar-refractivity contribution in [2.45, 2.75) is 25.4 Å². The quantitative estimate of drug-likeness (QED) is 0.815. The maximum Gasteiger partial charge on any atom is 0.123 e. The zero-order valence-corrected chi connectivity index (χ0v) is 13.9. The minimum Gasteiger partial charge on any atom is -0.492 e. The highest BCUT2D eigenvalue weighted by molar-refractivity contribution is 9.10. The lowest BCUT2D eigenvalue weighted by molar-refractivity contribution is 0.0322. The second-order valence-corrected chi connectivity index (χ2v) is 6.63. The minimum atomic E-state index is 0.713. The number of rotatable bonds is 7. The molecule has 1 aliphatic heterocycles. The highest BCUT2D eigenvalue weighted by atomic mass is 79.9. The van der Waals surface area contributed by atoms with E-state index in [0.717, 1.165) is 56.2 Å². The summed E-state index contributed by atoms with van der Waals surface area (Å²) in [5.41, 5.74) is 1.23. The number of nitrogens with one attached hydrogen (secondary N) is 1. The Bertz CT molecular complexity index is 460. The minimum absolute atomic E-state index is 0.713. The first kappa shape index (κ1) is 15.3. The molecule has 1 aromatic rings. The fourth-order valence-electron chi connectivity index (χ4n) is 2.48. The molecule has 2 fully saturated rings. The van der Waals surface area contributed by atoms with Crippen molar-refractivity contribution in [3.05, 3.63) is 28.2 Å². The lowest BCUT2D eigenvalue weighted by Gasteiger charge is -2.26. The van der Waals surface area contributed by atoms with Crippen LogP contribution in [0.5, 0.6) is 5.75 Å². The fraction of sp³-hybridized carbons (Fsp3) is 0.625. The first-order valence-electron chi connectivity index (χ1n) is 7.76. The highest BCUT2D eigenvalue weighted by Crippen LogP contribution is 2.25. The monoisotopic (exact) mass is 354 g/mol. The van der Waals surface area contributed by atoms with Gasteiger partial charge in [-0.25, -0.2) is 0 Å². The van der Waals surface area contributed by atoms with Crippen LogP contribution in [0.1, 0.15) is 18.4 Å². The third-order valence-corrected chi connectivity index (χ3v) is 4.44. The fourth-order valence-corrected chi connectivity index (χ4v) is 2.89. The third-order valence-electron chi connectivity index (χ3n) is 3.95. The molecule has 4 nitrogen and oxygen atoms in total. The summed E-state index contributed by atoms with van der Waals surface area (Å²) in [6.45, 7) is 6.30. The summed E-state index contributed by atoms with van der Waals surface area (Å²) in [5.74, 6) is 1.000. The van der Waals surface area contributed by atoms with Crippen LogP contribution in [-0.2, 0) is 11.3 Å². The molecular weight excluding hydrogens is 332 g/mol. The van der Waals surface area contributed by atoms with Crippen LogP contribution in [0.15, 0.2) is 22.7 Å². The standard InChI is InChI=1S/C16H23BrN2O2/c17-14-1-4-16(13(11-14)12-18-15-2-3-15)21-10-7-19-5-8-20-9-6-19/h1,4,11,15,18H,2-3,5-10,12H2. The van der Waals surface area contributed by atoms with Gasteiger partial charge in [0.15, 0.2) is 0 Å². The van der Waals surface area contributed by atoms with Crippen molar-refractivity contribution in [2.75, 3.05) is 39.5 Å². The van der Waals surface area contributed by atoms with Gasteiger partial charge in [-0.1, -0.05) is 15.9 Å². The summed E-state index contributed by atoms with van der Waals surface area (Å²) in [4.78, 5) is 2.39. The summed E-state index contributed by atoms with van der Waals surface area (Å²) in [6, 6.07) is 6.97. The Morgan fingerprint density at radius 1 is 1.29 bits per heavy atom. The van der Waals surface area contributed by atoms with Gasteiger partial charge in [0.05, 0.1) is 13.2 Å². The van der Waals surface area contributed by atoms with Crippen LogP contribution in [0.25, 0.3) is 0 Å². The highest BCUT2D eigenvalue weighted by Gasteiger charge is 2.20. The number of benzene rings is 1. The average molecular weight is 355 g/mol. The molecule has 116 valence electrons. The van der Waals surface area contributed by atoms with Crippen LogP contribution in [0.4, 0.5) is 0 Å². The SMILES string of the molecule is Brc1ccc(OCCN2CCOCC2)c(CNC2CC2)c1. The van der Waals surface area contributed by atoms with E-state index in [1.165, 1.54) is 18.4 Å². The van der Waals surface area contributed by atoms with Gasteiger partial charge in [-0.15, -0.1) is 0 Å². The van der Waals surface area contributed by atoms with E-state index in [9.17, 15) is 0 Å². The molecular formula is C16H23BrN2O2. The first-order chi connectivity index (χ1) is 10.3. The molecule has 1 heterocycles. The molecule has 1 saturated heterocycles. The van der Waals surface area contributed by atoms with Crippen molar-refractivity contribution < 1.29 is 9.47 Å². The molecule has 0 spiro atoms. The molecule has 1 N–H and O–H groups in total. The van der Waals surface area contributed by atoms with E-state index in [1.54, 1.807) is 0 Å². The molecule has 1 saturated carbocycles. The van der Waals surface area contributed by atoms with Crippen molar-refractivity contribution in [1.29, 1.82) is 0 Å². The Labute approximate surface area is 134 Å². The molecule has 0 atom stereocenters. The second kappa shape index (κ2) is 7.58. The molecule has 0 radical (unpaired) electrons. The van der Waals surface area contributed by atoms with Crippen molar-refractivity contribution in [2.24, 2.45) is 0 Å². The Morgan fingerprint density at radius 2 is 2.10 bits per heavy atom. The molecule has 1 aromatic carbocycles. The van der Waals surface area contributed by atoms with E-state index in [0.29, 0.717) is 6.04 Å². The van der Waals surface area contributed by atoms with E-state index < -0.39 is 0 Å². The van der Waals surface area contributed by atoms with Crippen LogP contribution < -0.4 is 10.1 Å². The van der Waals surface area contributed by atoms with Gasteiger partial charge in [-0.2, -0.15) is 0 Å². The molecule has 2 aliphatic rings. The summed E-state index contributed by atoms with van der Waals surface area (Å²) >= 11 is 3.54. The molecule has 0 bridgehead atoms. The molecule has 1 aliphatic carbocycles. The van der Waals surface area contributed by atoms with Gasteiger partial charge >= 0.3 is 0 Å². The van der Waals surface area contributed by atoms with Crippen LogP contribution in [0.3, 0.4) is 0 Å². The van der Waals surface area contributed by atoms with Crippen molar-refractivity contribution in [3.8, 4) is 5.75 Å². The van der Waals surface area contributed by atoms with Crippen LogP contribution in [0, 0.1) is 0 Å². The Balaban J connectivity index is 1.50. The lowest BCUT2D eigenvalue weighted by Crippen LogP contribution is -2.38. The zero-order chi connectivity index (χ0) is 14.5. The molecule has 5 heteroatoms. The van der Waals surface area contributed by atoms with Crippen molar-refractivity contribution in [3.63, 3.8) is 0 Å². The van der Waals surface area contributed by atoms with E-state index in [2.05, 4.69) is 38.3 Å². The Kier molecular flexibility index (Phi) is 5.52. The van der Waals surface area contributed by atoms with Crippen LogP contribution in [-0.4, -0.2) is 50.4 Å². The van der Waals surface area contributed by atoms with E-state index in [4.69, 9.17) is 9.47 Å². The van der Waals surface area contributed by atoms with Gasteiger partial charge in [0.1, 0.15) is 12.4 Å². The van der Waals surface area contributed by atoms with Gasteiger partial charge < -0.3 is 14.8 Å². The van der Waals surface area contributed by atoms with Gasteiger partial charge in [0.25, 0.3) is 0 Å². The van der Waals surface area contributed by atoms with Crippen LogP contribution in [0.2, 0.25) is 0 Å². The molecule has 0 aromatic heterocycles. The molecule has 21 heavy (non-hydrogen) atoms. The largest absolute Gasteiger partial charge is 0.492 e. The number of ether oxygens (including phenoxy) is 2. The zero-order valence-electron chi connectivity index (χ0n) is 12.3. The van der Waals surface area contributed by atoms with E-state index in [-0.39, 0.29) is 0 Å². The maximum atomic E-state index is 6.00. The van der Waals surface area contributed by atoms with Gasteiger partial charge in [0.2, 0.25) is 0 Å². The van der Waals surface area contributed by atoms with E-state index in [1.807, 2.05) is 6.07 Å². The number of halogens is 1. The second-order valence-electron chi connectivity index (χ2n) is 5.71. The van der Waals surface area contributed by atoms with Crippen molar-refractivity contribution in [1.82, 2.24) is 10.2 Å². The molecule has 0 amide bonds. The predicted molar refractivity (Wildman–Crippen MR) is 86.8 cm³/mol. The lowest BCUT2D eigenvalue weighted by atomic mass is 10.2. The van der Waals surface area contributed by atoms with Gasteiger partial charge in [-0.05, 0) is 31.0 Å². The third kappa shape index (κ3) is 4.95. The van der Waals surface area contributed by atoms with E-state index >= 15 is 0 Å². The maximum absolute atomic E-state index is 6.00.